The predicted octanol–water partition coefficient (Wildman–Crippen LogP) is 2.83. The third-order valence-corrected chi connectivity index (χ3v) is 3.68. The van der Waals surface area contributed by atoms with Crippen molar-refractivity contribution in [3.8, 4) is 11.8 Å². The molecule has 0 aliphatic heterocycles. The maximum Gasteiger partial charge on any atom is 0.188 e. The Hall–Kier alpha value is -2.93. The van der Waals surface area contributed by atoms with Gasteiger partial charge in [-0.15, -0.1) is 0 Å². The fourth-order valence-electron chi connectivity index (χ4n) is 2.51. The van der Waals surface area contributed by atoms with Gasteiger partial charge in [-0.2, -0.15) is 5.26 Å². The van der Waals surface area contributed by atoms with Crippen molar-refractivity contribution in [3.63, 3.8) is 0 Å². The molecule has 0 amide bonds. The fraction of sp³-hybridized carbons (Fsp3) is 0.167. The number of rotatable bonds is 4. The van der Waals surface area contributed by atoms with Crippen molar-refractivity contribution in [1.82, 2.24) is 0 Å². The first-order valence-electron chi connectivity index (χ1n) is 6.99. The average Bonchev–Trinajstić information content (AvgIpc) is 2.79. The highest BCUT2D eigenvalue weighted by atomic mass is 16.5. The van der Waals surface area contributed by atoms with E-state index in [0.717, 1.165) is 6.42 Å². The summed E-state index contributed by atoms with van der Waals surface area (Å²) < 4.78 is 5.64. The Labute approximate surface area is 128 Å². The molecule has 0 aromatic heterocycles. The van der Waals surface area contributed by atoms with Crippen LogP contribution in [0.2, 0.25) is 0 Å². The average molecular weight is 291 g/mol. The smallest absolute Gasteiger partial charge is 0.188 e. The molecule has 0 spiro atoms. The second-order valence-corrected chi connectivity index (χ2v) is 5.08. The molecule has 1 aliphatic carbocycles. The Morgan fingerprint density at radius 2 is 1.73 bits per heavy atom. The zero-order chi connectivity index (χ0) is 15.5. The molecule has 0 N–H and O–H groups in total. The molecular weight excluding hydrogens is 278 g/mol. The summed E-state index contributed by atoms with van der Waals surface area (Å²) in [5.41, 5.74) is 1.76. The van der Waals surface area contributed by atoms with E-state index in [-0.39, 0.29) is 5.56 Å². The van der Waals surface area contributed by atoms with Gasteiger partial charge in [0, 0.05) is 17.5 Å². The van der Waals surface area contributed by atoms with Crippen molar-refractivity contribution < 1.29 is 14.3 Å². The fourth-order valence-corrected chi connectivity index (χ4v) is 2.51. The van der Waals surface area contributed by atoms with E-state index in [2.05, 4.69) is 0 Å². The van der Waals surface area contributed by atoms with Gasteiger partial charge in [0.2, 0.25) is 0 Å². The third-order valence-electron chi connectivity index (χ3n) is 3.68. The van der Waals surface area contributed by atoms with E-state index in [1.807, 2.05) is 30.3 Å². The quantitative estimate of drug-likeness (QED) is 0.812. The number of hydrogen-bond donors (Lipinski definition) is 0. The summed E-state index contributed by atoms with van der Waals surface area (Å²) in [6.45, 7) is 0.479. The number of carbonyl (C=O) groups excluding carboxylic acids is 2. The van der Waals surface area contributed by atoms with Crippen LogP contribution in [0.1, 0.15) is 26.3 Å². The monoisotopic (exact) mass is 291 g/mol. The maximum atomic E-state index is 12.0. The molecule has 4 nitrogen and oxygen atoms in total. The molecule has 0 saturated carbocycles. The molecule has 0 radical (unpaired) electrons. The molecule has 0 saturated heterocycles. The molecule has 4 heteroatoms. The van der Waals surface area contributed by atoms with E-state index >= 15 is 0 Å². The normalized spacial score (nSPS) is 16.2. The number of benzene rings is 2. The number of nitrogens with zero attached hydrogens (tertiary/aromatic N) is 1. The topological polar surface area (TPSA) is 67.2 Å². The van der Waals surface area contributed by atoms with Crippen LogP contribution in [0.25, 0.3) is 0 Å². The minimum atomic E-state index is -1.20. The van der Waals surface area contributed by atoms with Crippen molar-refractivity contribution in [2.45, 2.75) is 6.42 Å². The molecule has 1 unspecified atom stereocenters. The highest BCUT2D eigenvalue weighted by Gasteiger charge is 2.38. The zero-order valence-corrected chi connectivity index (χ0v) is 11.8. The molecule has 0 heterocycles. The lowest BCUT2D eigenvalue weighted by molar-refractivity contribution is 0.0876. The molecular formula is C18H13NO3. The number of nitriles is 1. The van der Waals surface area contributed by atoms with Crippen LogP contribution in [0.15, 0.2) is 48.5 Å². The lowest BCUT2D eigenvalue weighted by atomic mass is 10.1. The number of carbonyl (C=O) groups is 2. The van der Waals surface area contributed by atoms with Crippen LogP contribution in [-0.2, 0) is 6.42 Å². The first kappa shape index (κ1) is 14.0. The van der Waals surface area contributed by atoms with Crippen molar-refractivity contribution in [1.29, 1.82) is 5.26 Å². The summed E-state index contributed by atoms with van der Waals surface area (Å²) in [5, 5.41) is 8.89. The molecule has 3 rings (SSSR count). The maximum absolute atomic E-state index is 12.0. The van der Waals surface area contributed by atoms with Crippen LogP contribution >= 0.6 is 0 Å². The van der Waals surface area contributed by atoms with Gasteiger partial charge in [-0.1, -0.05) is 30.3 Å². The van der Waals surface area contributed by atoms with Crippen LogP contribution in [0.3, 0.4) is 0 Å². The second-order valence-electron chi connectivity index (χ2n) is 5.08. The molecule has 2 aromatic rings. The molecule has 0 fully saturated rings. The predicted molar refractivity (Wildman–Crippen MR) is 79.8 cm³/mol. The second kappa shape index (κ2) is 5.82. The number of hydrogen-bond acceptors (Lipinski definition) is 4. The Kier molecular flexibility index (Phi) is 3.71. The summed E-state index contributed by atoms with van der Waals surface area (Å²) in [4.78, 5) is 23.9. The number of ether oxygens (including phenoxy) is 1. The Morgan fingerprint density at radius 1 is 1.00 bits per heavy atom. The largest absolute Gasteiger partial charge is 0.493 e. The van der Waals surface area contributed by atoms with Gasteiger partial charge in [-0.05, 0) is 23.8 Å². The van der Waals surface area contributed by atoms with E-state index in [1.54, 1.807) is 24.3 Å². The summed E-state index contributed by atoms with van der Waals surface area (Å²) >= 11 is 0. The van der Waals surface area contributed by atoms with Gasteiger partial charge >= 0.3 is 0 Å². The van der Waals surface area contributed by atoms with E-state index < -0.39 is 17.5 Å². The molecule has 22 heavy (non-hydrogen) atoms. The standard InChI is InChI=1S/C18H13NO3/c19-11-16-17(20)14-7-6-13(10-15(14)18(16)21)22-9-8-12-4-2-1-3-5-12/h1-7,10,16H,8-9H2. The van der Waals surface area contributed by atoms with E-state index in [1.165, 1.54) is 5.56 Å². The zero-order valence-electron chi connectivity index (χ0n) is 11.8. The van der Waals surface area contributed by atoms with Gasteiger partial charge in [0.15, 0.2) is 17.5 Å². The highest BCUT2D eigenvalue weighted by Crippen LogP contribution is 2.29. The molecule has 2 aromatic carbocycles. The van der Waals surface area contributed by atoms with Crippen LogP contribution in [-0.4, -0.2) is 18.2 Å². The van der Waals surface area contributed by atoms with E-state index in [0.29, 0.717) is 17.9 Å². The Balaban J connectivity index is 1.71. The number of ketones is 2. The van der Waals surface area contributed by atoms with Crippen molar-refractivity contribution in [2.24, 2.45) is 5.92 Å². The van der Waals surface area contributed by atoms with Crippen molar-refractivity contribution in [3.05, 3.63) is 65.2 Å². The molecule has 0 bridgehead atoms. The third kappa shape index (κ3) is 2.49. The molecule has 1 atom stereocenters. The first-order valence-corrected chi connectivity index (χ1v) is 6.99. The van der Waals surface area contributed by atoms with Crippen LogP contribution in [0.4, 0.5) is 0 Å². The Morgan fingerprint density at radius 3 is 2.45 bits per heavy atom. The lowest BCUT2D eigenvalue weighted by Crippen LogP contribution is -2.11. The van der Waals surface area contributed by atoms with E-state index in [4.69, 9.17) is 10.00 Å². The van der Waals surface area contributed by atoms with Crippen LogP contribution < -0.4 is 4.74 Å². The highest BCUT2D eigenvalue weighted by molar-refractivity contribution is 6.28. The summed E-state index contributed by atoms with van der Waals surface area (Å²) in [6, 6.07) is 16.5. The van der Waals surface area contributed by atoms with Crippen molar-refractivity contribution >= 4 is 11.6 Å². The first-order chi connectivity index (χ1) is 10.7. The van der Waals surface area contributed by atoms with Gasteiger partial charge in [-0.3, -0.25) is 9.59 Å². The summed E-state index contributed by atoms with van der Waals surface area (Å²) in [6.07, 6.45) is 0.756. The summed E-state index contributed by atoms with van der Waals surface area (Å²) in [5.74, 6) is -1.52. The number of fused-ring (bicyclic) bond motifs is 1. The van der Waals surface area contributed by atoms with Gasteiger partial charge in [0.05, 0.1) is 12.7 Å². The van der Waals surface area contributed by atoms with Gasteiger partial charge < -0.3 is 4.74 Å². The summed E-state index contributed by atoms with van der Waals surface area (Å²) in [7, 11) is 0. The van der Waals surface area contributed by atoms with Gasteiger partial charge in [0.25, 0.3) is 0 Å². The minimum absolute atomic E-state index is 0.286. The van der Waals surface area contributed by atoms with Crippen LogP contribution in [0.5, 0.6) is 5.75 Å². The van der Waals surface area contributed by atoms with Gasteiger partial charge in [0.1, 0.15) is 5.75 Å². The minimum Gasteiger partial charge on any atom is -0.493 e. The lowest BCUT2D eigenvalue weighted by Gasteiger charge is -2.07. The van der Waals surface area contributed by atoms with E-state index in [9.17, 15) is 9.59 Å². The SMILES string of the molecule is N#CC1C(=O)c2ccc(OCCc3ccccc3)cc2C1=O. The Bertz CT molecular complexity index is 775. The van der Waals surface area contributed by atoms with Gasteiger partial charge in [-0.25, -0.2) is 0 Å². The molecule has 108 valence electrons. The van der Waals surface area contributed by atoms with Crippen LogP contribution in [0, 0.1) is 17.2 Å². The number of Topliss-reactive ketones (excluding diaryl/α,β-unsaturated/α-hetero) is 2. The molecule has 1 aliphatic rings. The van der Waals surface area contributed by atoms with Crippen molar-refractivity contribution in [2.75, 3.05) is 6.61 Å².